The van der Waals surface area contributed by atoms with Gasteiger partial charge in [0.2, 0.25) is 0 Å². The molecule has 0 fully saturated rings. The van der Waals surface area contributed by atoms with E-state index in [0.717, 1.165) is 23.7 Å². The molecule has 15 heavy (non-hydrogen) atoms. The highest BCUT2D eigenvalue weighted by Gasteiger charge is 2.17. The van der Waals surface area contributed by atoms with Crippen molar-refractivity contribution in [3.63, 3.8) is 0 Å². The Morgan fingerprint density at radius 2 is 2.20 bits per heavy atom. The van der Waals surface area contributed by atoms with Gasteiger partial charge in [0.1, 0.15) is 5.82 Å². The van der Waals surface area contributed by atoms with Gasteiger partial charge >= 0.3 is 0 Å². The number of aryl methyl sites for hydroxylation is 1. The van der Waals surface area contributed by atoms with Gasteiger partial charge in [-0.1, -0.05) is 13.8 Å². The first kappa shape index (κ1) is 10.9. The lowest BCUT2D eigenvalue weighted by molar-refractivity contribution is 0.729. The summed E-state index contributed by atoms with van der Waals surface area (Å²) in [6.07, 6.45) is 1.06. The summed E-state index contributed by atoms with van der Waals surface area (Å²) >= 11 is 1.95. The summed E-state index contributed by atoms with van der Waals surface area (Å²) in [7, 11) is 0. The third-order valence-electron chi connectivity index (χ3n) is 2.64. The lowest BCUT2D eigenvalue weighted by atomic mass is 10.1. The zero-order valence-corrected chi connectivity index (χ0v) is 10.1. The van der Waals surface area contributed by atoms with Crippen LogP contribution in [0.15, 0.2) is 0 Å². The Bertz CT molecular complexity index is 346. The second-order valence-corrected chi connectivity index (χ2v) is 5.22. The van der Waals surface area contributed by atoms with E-state index in [1.165, 1.54) is 17.0 Å². The van der Waals surface area contributed by atoms with E-state index in [-0.39, 0.29) is 0 Å². The summed E-state index contributed by atoms with van der Waals surface area (Å²) in [5.74, 6) is 3.53. The lowest BCUT2D eigenvalue weighted by Gasteiger charge is -2.19. The first-order chi connectivity index (χ1) is 7.22. The van der Waals surface area contributed by atoms with Crippen LogP contribution >= 0.6 is 11.8 Å². The maximum Gasteiger partial charge on any atom is 0.131 e. The topological polar surface area (TPSA) is 51.8 Å². The minimum absolute atomic E-state index is 0.384. The summed E-state index contributed by atoms with van der Waals surface area (Å²) in [6.45, 7) is 4.78. The van der Waals surface area contributed by atoms with E-state index in [9.17, 15) is 0 Å². The van der Waals surface area contributed by atoms with Crippen LogP contribution in [0.1, 0.15) is 42.5 Å². The van der Waals surface area contributed by atoms with Gasteiger partial charge in [-0.3, -0.25) is 0 Å². The van der Waals surface area contributed by atoms with Gasteiger partial charge in [0, 0.05) is 29.5 Å². The fourth-order valence-electron chi connectivity index (χ4n) is 1.75. The molecule has 1 aromatic rings. The van der Waals surface area contributed by atoms with Crippen molar-refractivity contribution >= 4 is 11.8 Å². The quantitative estimate of drug-likeness (QED) is 0.831. The number of aromatic nitrogens is 2. The van der Waals surface area contributed by atoms with E-state index in [2.05, 4.69) is 23.8 Å². The zero-order valence-electron chi connectivity index (χ0n) is 9.29. The highest BCUT2D eigenvalue weighted by molar-refractivity contribution is 7.98. The second kappa shape index (κ2) is 4.49. The second-order valence-electron chi connectivity index (χ2n) is 4.12. The van der Waals surface area contributed by atoms with Crippen LogP contribution in [-0.2, 0) is 18.7 Å². The number of hydrogen-bond donors (Lipinski definition) is 1. The van der Waals surface area contributed by atoms with Crippen LogP contribution in [0.2, 0.25) is 0 Å². The van der Waals surface area contributed by atoms with Crippen molar-refractivity contribution in [2.45, 2.75) is 38.5 Å². The molecule has 0 spiro atoms. The van der Waals surface area contributed by atoms with Gasteiger partial charge in [-0.2, -0.15) is 11.8 Å². The third kappa shape index (κ3) is 2.16. The Morgan fingerprint density at radius 1 is 1.40 bits per heavy atom. The molecule has 0 unspecified atom stereocenters. The van der Waals surface area contributed by atoms with Crippen LogP contribution in [0.5, 0.6) is 0 Å². The number of nitrogens with zero attached hydrogens (tertiary/aromatic N) is 2. The average molecular weight is 223 g/mol. The Kier molecular flexibility index (Phi) is 3.26. The van der Waals surface area contributed by atoms with Crippen molar-refractivity contribution in [3.05, 3.63) is 22.8 Å². The van der Waals surface area contributed by atoms with E-state index in [1.807, 2.05) is 11.8 Å². The number of thioether (sulfide) groups is 1. The maximum atomic E-state index is 5.74. The predicted molar refractivity (Wildman–Crippen MR) is 63.9 cm³/mol. The minimum atomic E-state index is 0.384. The molecule has 3 nitrogen and oxygen atoms in total. The van der Waals surface area contributed by atoms with Crippen LogP contribution in [0.4, 0.5) is 0 Å². The third-order valence-corrected chi connectivity index (χ3v) is 3.62. The van der Waals surface area contributed by atoms with Gasteiger partial charge in [0.25, 0.3) is 0 Å². The van der Waals surface area contributed by atoms with E-state index in [1.54, 1.807) is 0 Å². The standard InChI is InChI=1S/C11H17N3S/c1-7(2)11-13-9-3-4-15-6-8(9)10(5-12)14-11/h7H,3-6,12H2,1-2H3. The molecule has 0 atom stereocenters. The molecule has 0 radical (unpaired) electrons. The number of hydrogen-bond acceptors (Lipinski definition) is 4. The van der Waals surface area contributed by atoms with Gasteiger partial charge in [-0.05, 0) is 12.2 Å². The zero-order chi connectivity index (χ0) is 10.8. The van der Waals surface area contributed by atoms with E-state index < -0.39 is 0 Å². The highest BCUT2D eigenvalue weighted by Crippen LogP contribution is 2.26. The molecular formula is C11H17N3S. The van der Waals surface area contributed by atoms with Gasteiger partial charge in [0.05, 0.1) is 5.69 Å². The van der Waals surface area contributed by atoms with Gasteiger partial charge in [-0.25, -0.2) is 9.97 Å². The van der Waals surface area contributed by atoms with Gasteiger partial charge < -0.3 is 5.73 Å². The molecule has 0 aliphatic carbocycles. The van der Waals surface area contributed by atoms with E-state index in [0.29, 0.717) is 12.5 Å². The summed E-state index contributed by atoms with van der Waals surface area (Å²) < 4.78 is 0. The van der Waals surface area contributed by atoms with Crippen LogP contribution < -0.4 is 5.73 Å². The maximum absolute atomic E-state index is 5.74. The van der Waals surface area contributed by atoms with Crippen LogP contribution in [0.3, 0.4) is 0 Å². The SMILES string of the molecule is CC(C)c1nc(CN)c2c(n1)CCSC2. The van der Waals surface area contributed by atoms with Crippen molar-refractivity contribution in [2.75, 3.05) is 5.75 Å². The molecule has 0 saturated heterocycles. The smallest absolute Gasteiger partial charge is 0.131 e. The molecule has 0 amide bonds. The minimum Gasteiger partial charge on any atom is -0.325 e. The molecule has 0 bridgehead atoms. The van der Waals surface area contributed by atoms with Crippen molar-refractivity contribution in [1.82, 2.24) is 9.97 Å². The van der Waals surface area contributed by atoms with Crippen molar-refractivity contribution in [3.8, 4) is 0 Å². The Morgan fingerprint density at radius 3 is 2.87 bits per heavy atom. The molecule has 1 aliphatic heterocycles. The van der Waals surface area contributed by atoms with Crippen LogP contribution in [0.25, 0.3) is 0 Å². The number of fused-ring (bicyclic) bond motifs is 1. The number of nitrogens with two attached hydrogens (primary N) is 1. The Hall–Kier alpha value is -0.610. The fraction of sp³-hybridized carbons (Fsp3) is 0.636. The van der Waals surface area contributed by atoms with Crippen LogP contribution in [0, 0.1) is 0 Å². The van der Waals surface area contributed by atoms with Gasteiger partial charge in [-0.15, -0.1) is 0 Å². The number of rotatable bonds is 2. The largest absolute Gasteiger partial charge is 0.325 e. The molecule has 2 N–H and O–H groups in total. The molecule has 2 rings (SSSR count). The molecule has 0 aromatic carbocycles. The highest BCUT2D eigenvalue weighted by atomic mass is 32.2. The van der Waals surface area contributed by atoms with Crippen molar-refractivity contribution < 1.29 is 0 Å². The Balaban J connectivity index is 2.48. The molecule has 82 valence electrons. The van der Waals surface area contributed by atoms with Crippen LogP contribution in [-0.4, -0.2) is 15.7 Å². The average Bonchev–Trinajstić information content (AvgIpc) is 2.27. The van der Waals surface area contributed by atoms with Crippen molar-refractivity contribution in [2.24, 2.45) is 5.73 Å². The summed E-state index contributed by atoms with van der Waals surface area (Å²) in [4.78, 5) is 9.20. The predicted octanol–water partition coefficient (Wildman–Crippen LogP) is 1.85. The molecule has 2 heterocycles. The van der Waals surface area contributed by atoms with Crippen molar-refractivity contribution in [1.29, 1.82) is 0 Å². The summed E-state index contributed by atoms with van der Waals surface area (Å²) in [6, 6.07) is 0. The molecule has 1 aromatic heterocycles. The van der Waals surface area contributed by atoms with E-state index >= 15 is 0 Å². The normalized spacial score (nSPS) is 15.5. The molecule has 4 heteroatoms. The first-order valence-electron chi connectivity index (χ1n) is 5.38. The summed E-state index contributed by atoms with van der Waals surface area (Å²) in [5, 5.41) is 0. The fourth-order valence-corrected chi connectivity index (χ4v) is 2.77. The lowest BCUT2D eigenvalue weighted by Crippen LogP contribution is -2.16. The van der Waals surface area contributed by atoms with Gasteiger partial charge in [0.15, 0.2) is 0 Å². The molecule has 0 saturated carbocycles. The monoisotopic (exact) mass is 223 g/mol. The summed E-state index contributed by atoms with van der Waals surface area (Å²) in [5.41, 5.74) is 9.31. The molecule has 1 aliphatic rings. The Labute approximate surface area is 94.9 Å². The first-order valence-corrected chi connectivity index (χ1v) is 6.54. The van der Waals surface area contributed by atoms with E-state index in [4.69, 9.17) is 5.73 Å². The molecular weight excluding hydrogens is 206 g/mol.